The Labute approximate surface area is 168 Å². The first kappa shape index (κ1) is 22.7. The van der Waals surface area contributed by atoms with E-state index in [0.717, 1.165) is 38.2 Å². The molecule has 0 radical (unpaired) electrons. The summed E-state index contributed by atoms with van der Waals surface area (Å²) in [5.74, 6) is 0.826. The first-order chi connectivity index (χ1) is 13.3. The summed E-state index contributed by atoms with van der Waals surface area (Å²) in [6.45, 7) is 3.04. The molecule has 28 heavy (non-hydrogen) atoms. The quantitative estimate of drug-likeness (QED) is 0.523. The number of hydrogen-bond donors (Lipinski definition) is 2. The second-order valence-electron chi connectivity index (χ2n) is 6.79. The van der Waals surface area contributed by atoms with Crippen LogP contribution in [0.2, 0.25) is 0 Å². The Bertz CT molecular complexity index is 662. The number of alkyl halides is 3. The van der Waals surface area contributed by atoms with Crippen LogP contribution in [0, 0.1) is 6.92 Å². The minimum atomic E-state index is -4.37. The van der Waals surface area contributed by atoms with Crippen LogP contribution in [0.3, 0.4) is 0 Å². The van der Waals surface area contributed by atoms with Crippen molar-refractivity contribution in [1.82, 2.24) is 10.6 Å². The molecule has 2 N–H and O–H groups in total. The predicted octanol–water partition coefficient (Wildman–Crippen LogP) is 3.51. The molecule has 1 saturated heterocycles. The SMILES string of the molecule is CN=C(NCc1ccc(C)cc1OCC(F)(F)F)NCC1(SC)CCOCC1. The van der Waals surface area contributed by atoms with Gasteiger partial charge in [0.15, 0.2) is 12.6 Å². The average Bonchev–Trinajstić information content (AvgIpc) is 2.67. The van der Waals surface area contributed by atoms with Gasteiger partial charge in [-0.05, 0) is 37.7 Å². The van der Waals surface area contributed by atoms with Crippen LogP contribution in [-0.2, 0) is 11.3 Å². The van der Waals surface area contributed by atoms with Gasteiger partial charge in [0.25, 0.3) is 0 Å². The van der Waals surface area contributed by atoms with E-state index in [1.807, 2.05) is 24.8 Å². The number of aryl methyl sites for hydroxylation is 1. The van der Waals surface area contributed by atoms with Gasteiger partial charge in [-0.1, -0.05) is 12.1 Å². The van der Waals surface area contributed by atoms with E-state index < -0.39 is 12.8 Å². The van der Waals surface area contributed by atoms with Crippen LogP contribution in [0.15, 0.2) is 23.2 Å². The number of hydrogen-bond acceptors (Lipinski definition) is 4. The Morgan fingerprint density at radius 3 is 2.61 bits per heavy atom. The summed E-state index contributed by atoms with van der Waals surface area (Å²) in [7, 11) is 1.67. The molecule has 0 saturated carbocycles. The summed E-state index contributed by atoms with van der Waals surface area (Å²) < 4.78 is 48.1. The monoisotopic (exact) mass is 419 g/mol. The Morgan fingerprint density at radius 1 is 1.29 bits per heavy atom. The van der Waals surface area contributed by atoms with Crippen LogP contribution in [0.5, 0.6) is 5.75 Å². The molecule has 0 aliphatic carbocycles. The maximum Gasteiger partial charge on any atom is 0.422 e. The van der Waals surface area contributed by atoms with Crippen molar-refractivity contribution in [2.45, 2.75) is 37.2 Å². The van der Waals surface area contributed by atoms with Crippen LogP contribution in [0.25, 0.3) is 0 Å². The molecular weight excluding hydrogens is 391 g/mol. The first-order valence-electron chi connectivity index (χ1n) is 9.13. The average molecular weight is 420 g/mol. The van der Waals surface area contributed by atoms with Crippen LogP contribution < -0.4 is 15.4 Å². The smallest absolute Gasteiger partial charge is 0.422 e. The minimum Gasteiger partial charge on any atom is -0.484 e. The lowest BCUT2D eigenvalue weighted by Crippen LogP contribution is -2.47. The zero-order chi connectivity index (χ0) is 20.6. The van der Waals surface area contributed by atoms with Gasteiger partial charge < -0.3 is 20.1 Å². The number of rotatable bonds is 7. The second-order valence-corrected chi connectivity index (χ2v) is 8.07. The summed E-state index contributed by atoms with van der Waals surface area (Å²) in [5.41, 5.74) is 1.48. The zero-order valence-electron chi connectivity index (χ0n) is 16.5. The molecule has 9 heteroatoms. The van der Waals surface area contributed by atoms with Crippen molar-refractivity contribution < 1.29 is 22.6 Å². The number of benzene rings is 1. The molecule has 1 aliphatic heterocycles. The highest BCUT2D eigenvalue weighted by Crippen LogP contribution is 2.33. The molecule has 1 heterocycles. The molecule has 2 rings (SSSR count). The highest BCUT2D eigenvalue weighted by atomic mass is 32.2. The van der Waals surface area contributed by atoms with Gasteiger partial charge in [0.2, 0.25) is 0 Å². The van der Waals surface area contributed by atoms with E-state index in [2.05, 4.69) is 21.9 Å². The lowest BCUT2D eigenvalue weighted by molar-refractivity contribution is -0.153. The van der Waals surface area contributed by atoms with E-state index in [0.29, 0.717) is 18.1 Å². The van der Waals surface area contributed by atoms with Crippen molar-refractivity contribution in [1.29, 1.82) is 0 Å². The maximum atomic E-state index is 12.5. The Hall–Kier alpha value is -1.61. The van der Waals surface area contributed by atoms with E-state index in [4.69, 9.17) is 9.47 Å². The molecule has 158 valence electrons. The van der Waals surface area contributed by atoms with Crippen LogP contribution in [-0.4, -0.2) is 56.6 Å². The lowest BCUT2D eigenvalue weighted by atomic mass is 9.99. The lowest BCUT2D eigenvalue weighted by Gasteiger charge is -2.36. The minimum absolute atomic E-state index is 0.0979. The van der Waals surface area contributed by atoms with Crippen molar-refractivity contribution >= 4 is 17.7 Å². The molecule has 1 aromatic carbocycles. The van der Waals surface area contributed by atoms with E-state index in [-0.39, 0.29) is 10.5 Å². The van der Waals surface area contributed by atoms with Gasteiger partial charge in [0.05, 0.1) is 0 Å². The van der Waals surface area contributed by atoms with Crippen molar-refractivity contribution in [2.24, 2.45) is 4.99 Å². The van der Waals surface area contributed by atoms with Gasteiger partial charge >= 0.3 is 6.18 Å². The molecule has 0 spiro atoms. The molecule has 1 aromatic rings. The number of aliphatic imine (C=N–C) groups is 1. The molecule has 1 fully saturated rings. The topological polar surface area (TPSA) is 54.9 Å². The molecule has 5 nitrogen and oxygen atoms in total. The number of halogens is 3. The molecule has 0 bridgehead atoms. The largest absolute Gasteiger partial charge is 0.484 e. The van der Waals surface area contributed by atoms with Crippen molar-refractivity contribution in [2.75, 3.05) is 39.7 Å². The summed E-state index contributed by atoms with van der Waals surface area (Å²) >= 11 is 1.82. The number of guanidine groups is 1. The molecule has 0 amide bonds. The predicted molar refractivity (Wildman–Crippen MR) is 107 cm³/mol. The van der Waals surface area contributed by atoms with Crippen molar-refractivity contribution in [3.63, 3.8) is 0 Å². The summed E-state index contributed by atoms with van der Waals surface area (Å²) in [4.78, 5) is 4.22. The third-order valence-electron chi connectivity index (χ3n) is 4.70. The third kappa shape index (κ3) is 7.09. The van der Waals surface area contributed by atoms with Crippen molar-refractivity contribution in [3.05, 3.63) is 29.3 Å². The van der Waals surface area contributed by atoms with E-state index in [1.165, 1.54) is 0 Å². The fourth-order valence-electron chi connectivity index (χ4n) is 2.94. The first-order valence-corrected chi connectivity index (χ1v) is 10.4. The summed E-state index contributed by atoms with van der Waals surface area (Å²) in [5, 5.41) is 6.49. The number of nitrogens with zero attached hydrogens (tertiary/aromatic N) is 1. The molecule has 0 aromatic heterocycles. The van der Waals surface area contributed by atoms with Crippen LogP contribution in [0.1, 0.15) is 24.0 Å². The van der Waals surface area contributed by atoms with Gasteiger partial charge in [-0.3, -0.25) is 4.99 Å². The Morgan fingerprint density at radius 2 is 2.00 bits per heavy atom. The molecule has 0 unspecified atom stereocenters. The maximum absolute atomic E-state index is 12.5. The fourth-order valence-corrected chi connectivity index (χ4v) is 3.73. The van der Waals surface area contributed by atoms with Gasteiger partial charge in [-0.2, -0.15) is 24.9 Å². The van der Waals surface area contributed by atoms with Gasteiger partial charge in [0, 0.05) is 43.7 Å². The highest BCUT2D eigenvalue weighted by Gasteiger charge is 2.32. The fraction of sp³-hybridized carbons (Fsp3) is 0.632. The summed E-state index contributed by atoms with van der Waals surface area (Å²) in [6, 6.07) is 5.23. The number of thioether (sulfide) groups is 1. The van der Waals surface area contributed by atoms with Crippen LogP contribution in [0.4, 0.5) is 13.2 Å². The Kier molecular flexibility index (Phi) is 8.30. The van der Waals surface area contributed by atoms with Gasteiger partial charge in [0.1, 0.15) is 5.75 Å². The van der Waals surface area contributed by atoms with Gasteiger partial charge in [-0.15, -0.1) is 0 Å². The van der Waals surface area contributed by atoms with E-state index in [9.17, 15) is 13.2 Å². The van der Waals surface area contributed by atoms with Crippen molar-refractivity contribution in [3.8, 4) is 5.75 Å². The van der Waals surface area contributed by atoms with Crippen LogP contribution >= 0.6 is 11.8 Å². The standard InChI is InChI=1S/C19H28F3N3O2S/c1-14-4-5-15(16(10-14)27-13-19(20,21)22)11-24-17(23-2)25-12-18(28-3)6-8-26-9-7-18/h4-5,10H,6-9,11-13H2,1-3H3,(H2,23,24,25). The molecule has 0 atom stereocenters. The third-order valence-corrected chi connectivity index (χ3v) is 6.12. The molecule has 1 aliphatic rings. The second kappa shape index (κ2) is 10.2. The normalized spacial score (nSPS) is 17.3. The Balaban J connectivity index is 1.95. The number of nitrogens with one attached hydrogen (secondary N) is 2. The summed E-state index contributed by atoms with van der Waals surface area (Å²) in [6.07, 6.45) is -0.348. The van der Waals surface area contributed by atoms with Gasteiger partial charge in [-0.25, -0.2) is 0 Å². The van der Waals surface area contributed by atoms with E-state index >= 15 is 0 Å². The molecular formula is C19H28F3N3O2S. The van der Waals surface area contributed by atoms with E-state index in [1.54, 1.807) is 19.2 Å². The number of ether oxygens (including phenoxy) is 2. The zero-order valence-corrected chi connectivity index (χ0v) is 17.3. The highest BCUT2D eigenvalue weighted by molar-refractivity contribution is 8.00.